The van der Waals surface area contributed by atoms with Crippen LogP contribution < -0.4 is 11.5 Å². The standard InChI is InChI=1S/C7H16N2O2.2ClH/c1-11-7(10)6(2-4-8)3-5-9;;/h6H,2-5,8-9H2,1H3;2*1H. The molecule has 0 atom stereocenters. The quantitative estimate of drug-likeness (QED) is 0.670. The van der Waals surface area contributed by atoms with E-state index in [-0.39, 0.29) is 36.7 Å². The van der Waals surface area contributed by atoms with Gasteiger partial charge in [-0.05, 0) is 25.9 Å². The highest BCUT2D eigenvalue weighted by molar-refractivity contribution is 5.85. The molecule has 0 aromatic rings. The van der Waals surface area contributed by atoms with Crippen LogP contribution in [0, 0.1) is 5.92 Å². The normalized spacial score (nSPS) is 8.62. The van der Waals surface area contributed by atoms with Crippen LogP contribution in [0.1, 0.15) is 12.8 Å². The topological polar surface area (TPSA) is 78.3 Å². The number of hydrogen-bond donors (Lipinski definition) is 2. The van der Waals surface area contributed by atoms with Crippen molar-refractivity contribution in [2.75, 3.05) is 20.2 Å². The van der Waals surface area contributed by atoms with E-state index in [2.05, 4.69) is 4.74 Å². The molecule has 13 heavy (non-hydrogen) atoms. The van der Waals surface area contributed by atoms with Crippen molar-refractivity contribution in [3.05, 3.63) is 0 Å². The van der Waals surface area contributed by atoms with Crippen LogP contribution in [-0.2, 0) is 9.53 Å². The summed E-state index contributed by atoms with van der Waals surface area (Å²) in [4.78, 5) is 11.0. The smallest absolute Gasteiger partial charge is 0.308 e. The molecule has 82 valence electrons. The minimum atomic E-state index is -0.207. The van der Waals surface area contributed by atoms with Gasteiger partial charge in [0, 0.05) is 0 Å². The van der Waals surface area contributed by atoms with Crippen molar-refractivity contribution < 1.29 is 9.53 Å². The van der Waals surface area contributed by atoms with Gasteiger partial charge in [0.05, 0.1) is 13.0 Å². The Morgan fingerprint density at radius 2 is 1.62 bits per heavy atom. The van der Waals surface area contributed by atoms with E-state index in [1.54, 1.807) is 0 Å². The molecule has 0 aromatic heterocycles. The SMILES string of the molecule is COC(=O)C(CCN)CCN.Cl.Cl. The maximum atomic E-state index is 11.0. The summed E-state index contributed by atoms with van der Waals surface area (Å²) in [5, 5.41) is 0. The molecule has 0 unspecified atom stereocenters. The summed E-state index contributed by atoms with van der Waals surface area (Å²) in [5.74, 6) is -0.323. The molecule has 4 nitrogen and oxygen atoms in total. The number of rotatable bonds is 5. The number of hydrogen-bond acceptors (Lipinski definition) is 4. The first-order chi connectivity index (χ1) is 5.26. The van der Waals surface area contributed by atoms with Crippen molar-refractivity contribution in [1.29, 1.82) is 0 Å². The first-order valence-corrected chi connectivity index (χ1v) is 3.74. The van der Waals surface area contributed by atoms with Crippen LogP contribution in [0.4, 0.5) is 0 Å². The third-order valence-electron chi connectivity index (χ3n) is 1.56. The Labute approximate surface area is 91.2 Å². The molecule has 0 saturated carbocycles. The predicted molar refractivity (Wildman–Crippen MR) is 57.3 cm³/mol. The van der Waals surface area contributed by atoms with Crippen molar-refractivity contribution in [3.63, 3.8) is 0 Å². The summed E-state index contributed by atoms with van der Waals surface area (Å²) in [6.45, 7) is 1.000. The fraction of sp³-hybridized carbons (Fsp3) is 0.857. The molecule has 0 aliphatic rings. The van der Waals surface area contributed by atoms with Crippen LogP contribution in [0.5, 0.6) is 0 Å². The average molecular weight is 233 g/mol. The van der Waals surface area contributed by atoms with Gasteiger partial charge in [-0.15, -0.1) is 24.8 Å². The molecule has 0 heterocycles. The zero-order valence-corrected chi connectivity index (χ0v) is 9.33. The molecule has 0 radical (unpaired) electrons. The Balaban J connectivity index is -0.000000500. The minimum Gasteiger partial charge on any atom is -0.469 e. The molecule has 0 aromatic carbocycles. The van der Waals surface area contributed by atoms with Gasteiger partial charge in [0.15, 0.2) is 0 Å². The number of nitrogens with two attached hydrogens (primary N) is 2. The molecule has 0 rings (SSSR count). The summed E-state index contributed by atoms with van der Waals surface area (Å²) in [6.07, 6.45) is 1.31. The van der Waals surface area contributed by atoms with Gasteiger partial charge < -0.3 is 16.2 Å². The highest BCUT2D eigenvalue weighted by Gasteiger charge is 2.16. The predicted octanol–water partition coefficient (Wildman–Crippen LogP) is 0.317. The van der Waals surface area contributed by atoms with Gasteiger partial charge in [0.2, 0.25) is 0 Å². The maximum absolute atomic E-state index is 11.0. The molecule has 0 amide bonds. The van der Waals surface area contributed by atoms with Gasteiger partial charge in [-0.2, -0.15) is 0 Å². The molecule has 0 bridgehead atoms. The second-order valence-corrected chi connectivity index (χ2v) is 2.37. The molecule has 0 aliphatic heterocycles. The number of halogens is 2. The average Bonchev–Trinajstić information content (AvgIpc) is 2.03. The Hall–Kier alpha value is -0.0300. The van der Waals surface area contributed by atoms with Crippen LogP contribution in [0.15, 0.2) is 0 Å². The third kappa shape index (κ3) is 8.30. The second kappa shape index (κ2) is 12.0. The van der Waals surface area contributed by atoms with Crippen molar-refractivity contribution in [1.82, 2.24) is 0 Å². The molecule has 6 heteroatoms. The molecule has 0 saturated heterocycles. The second-order valence-electron chi connectivity index (χ2n) is 2.37. The maximum Gasteiger partial charge on any atom is 0.308 e. The first-order valence-electron chi connectivity index (χ1n) is 3.74. The van der Waals surface area contributed by atoms with Crippen LogP contribution in [0.25, 0.3) is 0 Å². The van der Waals surface area contributed by atoms with E-state index >= 15 is 0 Å². The van der Waals surface area contributed by atoms with Gasteiger partial charge in [-0.3, -0.25) is 4.79 Å². The van der Waals surface area contributed by atoms with Gasteiger partial charge in [-0.1, -0.05) is 0 Å². The fourth-order valence-electron chi connectivity index (χ4n) is 0.949. The van der Waals surface area contributed by atoms with Gasteiger partial charge in [-0.25, -0.2) is 0 Å². The van der Waals surface area contributed by atoms with E-state index < -0.39 is 0 Å². The van der Waals surface area contributed by atoms with Crippen LogP contribution in [0.2, 0.25) is 0 Å². The van der Waals surface area contributed by atoms with E-state index in [0.717, 1.165) is 0 Å². The number of carbonyl (C=O) groups excluding carboxylic acids is 1. The number of methoxy groups -OCH3 is 1. The van der Waals surface area contributed by atoms with E-state index in [4.69, 9.17) is 11.5 Å². The first kappa shape index (κ1) is 18.7. The third-order valence-corrected chi connectivity index (χ3v) is 1.56. The molecule has 0 fully saturated rings. The summed E-state index contributed by atoms with van der Waals surface area (Å²) >= 11 is 0. The highest BCUT2D eigenvalue weighted by atomic mass is 35.5. The lowest BCUT2D eigenvalue weighted by Gasteiger charge is -2.11. The largest absolute Gasteiger partial charge is 0.469 e. The number of esters is 1. The summed E-state index contributed by atoms with van der Waals surface area (Å²) in [6, 6.07) is 0. The Kier molecular flexibility index (Phi) is 17.2. The summed E-state index contributed by atoms with van der Waals surface area (Å²) < 4.78 is 4.57. The fourth-order valence-corrected chi connectivity index (χ4v) is 0.949. The zero-order valence-electron chi connectivity index (χ0n) is 7.69. The highest BCUT2D eigenvalue weighted by Crippen LogP contribution is 2.07. The van der Waals surface area contributed by atoms with E-state index in [1.165, 1.54) is 7.11 Å². The number of ether oxygens (including phenoxy) is 1. The van der Waals surface area contributed by atoms with Crippen LogP contribution in [0.3, 0.4) is 0 Å². The summed E-state index contributed by atoms with van der Waals surface area (Å²) in [5.41, 5.74) is 10.6. The lowest BCUT2D eigenvalue weighted by atomic mass is 10.0. The van der Waals surface area contributed by atoms with Gasteiger partial charge >= 0.3 is 5.97 Å². The van der Waals surface area contributed by atoms with Crippen LogP contribution in [-0.4, -0.2) is 26.2 Å². The monoisotopic (exact) mass is 232 g/mol. The van der Waals surface area contributed by atoms with Gasteiger partial charge in [0.1, 0.15) is 0 Å². The molecule has 0 aliphatic carbocycles. The summed E-state index contributed by atoms with van der Waals surface area (Å²) in [7, 11) is 1.38. The van der Waals surface area contributed by atoms with Crippen molar-refractivity contribution in [3.8, 4) is 0 Å². The Morgan fingerprint density at radius 1 is 1.23 bits per heavy atom. The lowest BCUT2D eigenvalue weighted by molar-refractivity contribution is -0.145. The van der Waals surface area contributed by atoms with Crippen molar-refractivity contribution in [2.24, 2.45) is 17.4 Å². The van der Waals surface area contributed by atoms with Crippen molar-refractivity contribution >= 4 is 30.8 Å². The number of carbonyl (C=O) groups is 1. The molecular formula is C7H18Cl2N2O2. The zero-order chi connectivity index (χ0) is 8.69. The van der Waals surface area contributed by atoms with E-state index in [9.17, 15) is 4.79 Å². The van der Waals surface area contributed by atoms with Crippen LogP contribution >= 0.6 is 24.8 Å². The molecular weight excluding hydrogens is 215 g/mol. The van der Waals surface area contributed by atoms with Gasteiger partial charge in [0.25, 0.3) is 0 Å². The van der Waals surface area contributed by atoms with E-state index in [0.29, 0.717) is 25.9 Å². The lowest BCUT2D eigenvalue weighted by Crippen LogP contribution is -2.22. The molecule has 4 N–H and O–H groups in total. The minimum absolute atomic E-state index is 0. The Bertz CT molecular complexity index is 119. The van der Waals surface area contributed by atoms with E-state index in [1.807, 2.05) is 0 Å². The Morgan fingerprint density at radius 3 is 1.85 bits per heavy atom. The van der Waals surface area contributed by atoms with Crippen molar-refractivity contribution in [2.45, 2.75) is 12.8 Å². The molecule has 0 spiro atoms.